The van der Waals surface area contributed by atoms with Gasteiger partial charge in [0.15, 0.2) is 0 Å². The molecule has 0 saturated heterocycles. The number of nitrogens with zero attached hydrogens (tertiary/aromatic N) is 1. The molecule has 5 heteroatoms. The number of rotatable bonds is 2. The molecule has 0 bridgehead atoms. The van der Waals surface area contributed by atoms with E-state index in [-0.39, 0.29) is 24.8 Å². The highest BCUT2D eigenvalue weighted by molar-refractivity contribution is 5.85. The fourth-order valence-electron chi connectivity index (χ4n) is 0.746. The second kappa shape index (κ2) is 6.46. The van der Waals surface area contributed by atoms with Crippen LogP contribution in [0, 0.1) is 6.92 Å². The van der Waals surface area contributed by atoms with Crippen LogP contribution in [0.4, 0.5) is 0 Å². The van der Waals surface area contributed by atoms with Crippen LogP contribution < -0.4 is 5.32 Å². The Morgan fingerprint density at radius 2 is 2.18 bits per heavy atom. The second-order valence-corrected chi connectivity index (χ2v) is 2.07. The van der Waals surface area contributed by atoms with E-state index in [0.717, 1.165) is 17.9 Å². The average molecular weight is 198 g/mol. The molecule has 0 fully saturated rings. The Bertz CT molecular complexity index is 188. The van der Waals surface area contributed by atoms with Gasteiger partial charge in [0.05, 0.1) is 5.69 Å². The first-order valence-electron chi connectivity index (χ1n) is 2.98. The molecule has 1 aromatic rings. The van der Waals surface area contributed by atoms with E-state index >= 15 is 0 Å². The van der Waals surface area contributed by atoms with E-state index in [1.54, 1.807) is 0 Å². The average Bonchev–Trinajstić information content (AvgIpc) is 2.17. The molecule has 1 rings (SSSR count). The highest BCUT2D eigenvalue weighted by Crippen LogP contribution is 1.95. The Labute approximate surface area is 78.8 Å². The molecule has 1 heterocycles. The summed E-state index contributed by atoms with van der Waals surface area (Å²) in [5.74, 6) is 0. The third kappa shape index (κ3) is 4.24. The summed E-state index contributed by atoms with van der Waals surface area (Å²) < 4.78 is 0. The van der Waals surface area contributed by atoms with E-state index in [2.05, 4.69) is 15.5 Å². The number of hydrogen-bond donors (Lipinski definition) is 2. The molecule has 0 aliphatic heterocycles. The first-order valence-corrected chi connectivity index (χ1v) is 2.98. The van der Waals surface area contributed by atoms with Crippen molar-refractivity contribution in [3.63, 3.8) is 0 Å². The third-order valence-corrected chi connectivity index (χ3v) is 1.12. The Hall–Kier alpha value is -0.250. The Kier molecular flexibility index (Phi) is 7.84. The third-order valence-electron chi connectivity index (χ3n) is 1.12. The van der Waals surface area contributed by atoms with Gasteiger partial charge in [0.2, 0.25) is 0 Å². The van der Waals surface area contributed by atoms with Crippen molar-refractivity contribution in [3.05, 3.63) is 17.5 Å². The monoisotopic (exact) mass is 197 g/mol. The number of H-pyrrole nitrogens is 1. The van der Waals surface area contributed by atoms with Crippen molar-refractivity contribution < 1.29 is 0 Å². The minimum atomic E-state index is 0. The first-order chi connectivity index (χ1) is 4.33. The van der Waals surface area contributed by atoms with Crippen LogP contribution in [0.5, 0.6) is 0 Å². The molecule has 66 valence electrons. The minimum absolute atomic E-state index is 0. The molecule has 1 aromatic heterocycles. The van der Waals surface area contributed by atoms with E-state index in [0.29, 0.717) is 0 Å². The van der Waals surface area contributed by atoms with Gasteiger partial charge in [-0.15, -0.1) is 24.8 Å². The number of aryl methyl sites for hydroxylation is 1. The van der Waals surface area contributed by atoms with Gasteiger partial charge in [-0.1, -0.05) is 0 Å². The van der Waals surface area contributed by atoms with Gasteiger partial charge in [-0.05, 0) is 20.0 Å². The number of hydrogen-bond acceptors (Lipinski definition) is 2. The molecule has 0 aromatic carbocycles. The molecular formula is C6H13Cl2N3. The predicted octanol–water partition coefficient (Wildman–Crippen LogP) is 1.28. The van der Waals surface area contributed by atoms with E-state index < -0.39 is 0 Å². The van der Waals surface area contributed by atoms with Crippen molar-refractivity contribution in [1.29, 1.82) is 0 Å². The molecular weight excluding hydrogens is 185 g/mol. The van der Waals surface area contributed by atoms with Crippen molar-refractivity contribution in [3.8, 4) is 0 Å². The number of aromatic amines is 1. The standard InChI is InChI=1S/C6H11N3.2ClH/c1-5-3-6(4-7-2)9-8-5;;/h3,7H,4H2,1-2H3,(H,8,9);2*1H. The molecule has 0 aliphatic carbocycles. The summed E-state index contributed by atoms with van der Waals surface area (Å²) in [5.41, 5.74) is 2.18. The van der Waals surface area contributed by atoms with Crippen molar-refractivity contribution >= 4 is 24.8 Å². The van der Waals surface area contributed by atoms with E-state index in [9.17, 15) is 0 Å². The SMILES string of the molecule is CNCc1cc(C)[nH]n1.Cl.Cl. The van der Waals surface area contributed by atoms with Gasteiger partial charge in [0.1, 0.15) is 0 Å². The lowest BCUT2D eigenvalue weighted by Crippen LogP contribution is -2.04. The van der Waals surface area contributed by atoms with Gasteiger partial charge in [-0.3, -0.25) is 5.10 Å². The largest absolute Gasteiger partial charge is 0.314 e. The zero-order valence-corrected chi connectivity index (χ0v) is 8.18. The van der Waals surface area contributed by atoms with Crippen LogP contribution in [-0.4, -0.2) is 17.2 Å². The number of nitrogens with one attached hydrogen (secondary N) is 2. The fraction of sp³-hybridized carbons (Fsp3) is 0.500. The summed E-state index contributed by atoms with van der Waals surface area (Å²) in [6.07, 6.45) is 0. The van der Waals surface area contributed by atoms with Gasteiger partial charge in [0.25, 0.3) is 0 Å². The molecule has 0 atom stereocenters. The van der Waals surface area contributed by atoms with Gasteiger partial charge in [-0.25, -0.2) is 0 Å². The van der Waals surface area contributed by atoms with Crippen molar-refractivity contribution in [2.24, 2.45) is 0 Å². The summed E-state index contributed by atoms with van der Waals surface area (Å²) in [5, 5.41) is 9.90. The normalized spacial score (nSPS) is 8.18. The Morgan fingerprint density at radius 3 is 2.55 bits per heavy atom. The molecule has 0 unspecified atom stereocenters. The highest BCUT2D eigenvalue weighted by Gasteiger charge is 1.92. The number of halogens is 2. The van der Waals surface area contributed by atoms with Crippen LogP contribution in [0.2, 0.25) is 0 Å². The lowest BCUT2D eigenvalue weighted by molar-refractivity contribution is 0.783. The molecule has 0 aliphatic rings. The molecule has 0 spiro atoms. The van der Waals surface area contributed by atoms with Crippen LogP contribution in [0.1, 0.15) is 11.4 Å². The van der Waals surface area contributed by atoms with E-state index in [1.165, 1.54) is 0 Å². The summed E-state index contributed by atoms with van der Waals surface area (Å²) in [4.78, 5) is 0. The summed E-state index contributed by atoms with van der Waals surface area (Å²) in [7, 11) is 1.91. The maximum Gasteiger partial charge on any atom is 0.0762 e. The molecule has 0 amide bonds. The number of aromatic nitrogens is 2. The van der Waals surface area contributed by atoms with Crippen molar-refractivity contribution in [2.45, 2.75) is 13.5 Å². The second-order valence-electron chi connectivity index (χ2n) is 2.07. The van der Waals surface area contributed by atoms with Crippen molar-refractivity contribution in [1.82, 2.24) is 15.5 Å². The van der Waals surface area contributed by atoms with Crippen LogP contribution in [-0.2, 0) is 6.54 Å². The van der Waals surface area contributed by atoms with E-state index in [4.69, 9.17) is 0 Å². The minimum Gasteiger partial charge on any atom is -0.314 e. The molecule has 3 nitrogen and oxygen atoms in total. The predicted molar refractivity (Wildman–Crippen MR) is 50.6 cm³/mol. The van der Waals surface area contributed by atoms with Gasteiger partial charge >= 0.3 is 0 Å². The van der Waals surface area contributed by atoms with Crippen molar-refractivity contribution in [2.75, 3.05) is 7.05 Å². The quantitative estimate of drug-likeness (QED) is 0.751. The van der Waals surface area contributed by atoms with Gasteiger partial charge < -0.3 is 5.32 Å². The zero-order valence-electron chi connectivity index (χ0n) is 6.55. The lowest BCUT2D eigenvalue weighted by atomic mass is 10.4. The van der Waals surface area contributed by atoms with Crippen LogP contribution in [0.3, 0.4) is 0 Å². The van der Waals surface area contributed by atoms with Crippen LogP contribution in [0.25, 0.3) is 0 Å². The van der Waals surface area contributed by atoms with E-state index in [1.807, 2.05) is 20.0 Å². The molecule has 0 saturated carbocycles. The molecule has 2 N–H and O–H groups in total. The molecule has 11 heavy (non-hydrogen) atoms. The summed E-state index contributed by atoms with van der Waals surface area (Å²) in [6.45, 7) is 2.83. The van der Waals surface area contributed by atoms with Gasteiger partial charge in [-0.2, -0.15) is 5.10 Å². The smallest absolute Gasteiger partial charge is 0.0762 e. The maximum absolute atomic E-state index is 4.02. The highest BCUT2D eigenvalue weighted by atomic mass is 35.5. The summed E-state index contributed by atoms with van der Waals surface area (Å²) >= 11 is 0. The zero-order chi connectivity index (χ0) is 6.69. The Morgan fingerprint density at radius 1 is 1.55 bits per heavy atom. The first kappa shape index (κ1) is 13.3. The fourth-order valence-corrected chi connectivity index (χ4v) is 0.746. The Balaban J connectivity index is 0. The summed E-state index contributed by atoms with van der Waals surface area (Å²) in [6, 6.07) is 2.02. The lowest BCUT2D eigenvalue weighted by Gasteiger charge is -1.88. The molecule has 0 radical (unpaired) electrons. The maximum atomic E-state index is 4.02. The van der Waals surface area contributed by atoms with Crippen LogP contribution in [0.15, 0.2) is 6.07 Å². The topological polar surface area (TPSA) is 40.7 Å². The van der Waals surface area contributed by atoms with Crippen LogP contribution >= 0.6 is 24.8 Å². The van der Waals surface area contributed by atoms with Gasteiger partial charge in [0, 0.05) is 12.2 Å².